The number of nitrogens with one attached hydrogen (secondary N) is 1. The lowest BCUT2D eigenvalue weighted by Crippen LogP contribution is -2.34. The summed E-state index contributed by atoms with van der Waals surface area (Å²) in [6.07, 6.45) is 0. The van der Waals surface area contributed by atoms with Crippen LogP contribution in [0.1, 0.15) is 44.1 Å². The second-order valence-corrected chi connectivity index (χ2v) is 8.17. The summed E-state index contributed by atoms with van der Waals surface area (Å²) in [5.41, 5.74) is 1.80. The van der Waals surface area contributed by atoms with Crippen molar-refractivity contribution in [1.82, 2.24) is 20.0 Å². The van der Waals surface area contributed by atoms with Crippen molar-refractivity contribution in [3.05, 3.63) is 76.3 Å². The lowest BCUT2D eigenvalue weighted by atomic mass is 10.1. The number of hydrogen-bond donors (Lipinski definition) is 1. The van der Waals surface area contributed by atoms with Crippen LogP contribution in [0, 0.1) is 0 Å². The molecule has 0 saturated heterocycles. The fourth-order valence-corrected chi connectivity index (χ4v) is 3.66. The van der Waals surface area contributed by atoms with Crippen molar-refractivity contribution < 1.29 is 14.1 Å². The Bertz CT molecular complexity index is 1340. The largest absolute Gasteiger partial charge is 0.497 e. The van der Waals surface area contributed by atoms with Gasteiger partial charge in [0.05, 0.1) is 24.2 Å². The van der Waals surface area contributed by atoms with Crippen molar-refractivity contribution in [2.24, 2.45) is 0 Å². The fourth-order valence-electron chi connectivity index (χ4n) is 3.66. The molecule has 0 aliphatic rings. The van der Waals surface area contributed by atoms with Gasteiger partial charge < -0.3 is 14.6 Å². The van der Waals surface area contributed by atoms with E-state index in [1.807, 2.05) is 63.2 Å². The summed E-state index contributed by atoms with van der Waals surface area (Å²) in [5.74, 6) is 1.45. The molecule has 4 rings (SSSR count). The van der Waals surface area contributed by atoms with Crippen LogP contribution in [-0.4, -0.2) is 27.7 Å². The maximum atomic E-state index is 13.0. The van der Waals surface area contributed by atoms with E-state index >= 15 is 0 Å². The normalized spacial score (nSPS) is 12.2. The van der Waals surface area contributed by atoms with Gasteiger partial charge in [-0.25, -0.2) is 0 Å². The smallest absolute Gasteiger partial charge is 0.258 e. The second kappa shape index (κ2) is 9.28. The number of para-hydroxylation sites is 1. The lowest BCUT2D eigenvalue weighted by molar-refractivity contribution is -0.122. The Balaban J connectivity index is 1.62. The van der Waals surface area contributed by atoms with E-state index in [-0.39, 0.29) is 35.9 Å². The van der Waals surface area contributed by atoms with Gasteiger partial charge in [-0.05, 0) is 30.7 Å². The minimum atomic E-state index is -0.319. The maximum absolute atomic E-state index is 13.0. The first-order valence-corrected chi connectivity index (χ1v) is 10.8. The van der Waals surface area contributed by atoms with Crippen LogP contribution in [0.2, 0.25) is 0 Å². The van der Waals surface area contributed by atoms with Gasteiger partial charge in [-0.2, -0.15) is 4.98 Å². The van der Waals surface area contributed by atoms with Crippen LogP contribution in [0.3, 0.4) is 0 Å². The van der Waals surface area contributed by atoms with E-state index in [9.17, 15) is 9.59 Å². The summed E-state index contributed by atoms with van der Waals surface area (Å²) in [4.78, 5) is 30.3. The quantitative estimate of drug-likeness (QED) is 0.460. The number of fused-ring (bicyclic) bond motifs is 1. The lowest BCUT2D eigenvalue weighted by Gasteiger charge is -2.17. The van der Waals surface area contributed by atoms with Crippen molar-refractivity contribution >= 4 is 16.8 Å². The Kier molecular flexibility index (Phi) is 6.26. The van der Waals surface area contributed by atoms with Gasteiger partial charge in [-0.1, -0.05) is 49.3 Å². The molecule has 1 amide bonds. The molecule has 2 heterocycles. The van der Waals surface area contributed by atoms with E-state index in [2.05, 4.69) is 15.5 Å². The third kappa shape index (κ3) is 4.64. The van der Waals surface area contributed by atoms with Gasteiger partial charge in [0.1, 0.15) is 12.3 Å². The highest BCUT2D eigenvalue weighted by atomic mass is 16.5. The number of carbonyl (C=O) groups is 1. The Morgan fingerprint density at radius 3 is 2.52 bits per heavy atom. The van der Waals surface area contributed by atoms with Gasteiger partial charge in [0.15, 0.2) is 5.82 Å². The number of carbonyl (C=O) groups excluding carboxylic acids is 1. The number of ether oxygens (including phenoxy) is 1. The van der Waals surface area contributed by atoms with Gasteiger partial charge in [0, 0.05) is 17.4 Å². The van der Waals surface area contributed by atoms with Gasteiger partial charge >= 0.3 is 0 Å². The Hall–Kier alpha value is -3.94. The second-order valence-electron chi connectivity index (χ2n) is 8.17. The number of pyridine rings is 1. The zero-order valence-electron chi connectivity index (χ0n) is 19.0. The molecule has 2 aromatic carbocycles. The fraction of sp³-hybridized carbons (Fsp3) is 0.280. The molecule has 0 spiro atoms. The highest BCUT2D eigenvalue weighted by Crippen LogP contribution is 2.27. The van der Waals surface area contributed by atoms with Crippen molar-refractivity contribution in [2.75, 3.05) is 7.11 Å². The zero-order chi connectivity index (χ0) is 23.5. The minimum absolute atomic E-state index is 0.102. The number of rotatable bonds is 7. The molecule has 33 heavy (non-hydrogen) atoms. The van der Waals surface area contributed by atoms with E-state index in [1.165, 1.54) is 10.6 Å². The van der Waals surface area contributed by atoms with E-state index in [0.29, 0.717) is 16.9 Å². The van der Waals surface area contributed by atoms with E-state index in [0.717, 1.165) is 16.7 Å². The zero-order valence-corrected chi connectivity index (χ0v) is 19.0. The summed E-state index contributed by atoms with van der Waals surface area (Å²) in [6, 6.07) is 16.1. The summed E-state index contributed by atoms with van der Waals surface area (Å²) in [5, 5.41) is 7.72. The topological polar surface area (TPSA) is 99.2 Å². The van der Waals surface area contributed by atoms with Gasteiger partial charge in [-0.3, -0.25) is 14.2 Å². The number of amides is 1. The van der Waals surface area contributed by atoms with Crippen LogP contribution in [-0.2, 0) is 11.3 Å². The van der Waals surface area contributed by atoms with Crippen LogP contribution in [0.15, 0.2) is 63.9 Å². The first-order chi connectivity index (χ1) is 15.9. The molecular formula is C25H26N4O4. The van der Waals surface area contributed by atoms with Crippen LogP contribution in [0.25, 0.3) is 22.4 Å². The summed E-state index contributed by atoms with van der Waals surface area (Å²) in [6.45, 7) is 5.72. The number of nitrogens with zero attached hydrogens (tertiary/aromatic N) is 3. The van der Waals surface area contributed by atoms with E-state index < -0.39 is 0 Å². The average Bonchev–Trinajstić information content (AvgIpc) is 3.31. The predicted octanol–water partition coefficient (Wildman–Crippen LogP) is 4.06. The number of hydrogen-bond acceptors (Lipinski definition) is 6. The summed E-state index contributed by atoms with van der Waals surface area (Å²) >= 11 is 0. The minimum Gasteiger partial charge on any atom is -0.497 e. The van der Waals surface area contributed by atoms with Gasteiger partial charge in [-0.15, -0.1) is 0 Å². The molecule has 8 heteroatoms. The number of benzene rings is 2. The van der Waals surface area contributed by atoms with Gasteiger partial charge in [0.25, 0.3) is 11.4 Å². The molecule has 0 fully saturated rings. The molecule has 4 aromatic rings. The monoisotopic (exact) mass is 446 g/mol. The number of methoxy groups -OCH3 is 1. The first-order valence-electron chi connectivity index (χ1n) is 10.8. The third-order valence-electron chi connectivity index (χ3n) is 5.50. The van der Waals surface area contributed by atoms with Crippen LogP contribution in [0.5, 0.6) is 5.75 Å². The van der Waals surface area contributed by atoms with Gasteiger partial charge in [0.2, 0.25) is 5.91 Å². The number of aromatic nitrogens is 3. The predicted molar refractivity (Wildman–Crippen MR) is 125 cm³/mol. The van der Waals surface area contributed by atoms with Crippen LogP contribution < -0.4 is 15.6 Å². The maximum Gasteiger partial charge on any atom is 0.258 e. The first kappa shape index (κ1) is 22.3. The third-order valence-corrected chi connectivity index (χ3v) is 5.50. The summed E-state index contributed by atoms with van der Waals surface area (Å²) in [7, 11) is 1.61. The van der Waals surface area contributed by atoms with Crippen molar-refractivity contribution in [3.8, 4) is 17.2 Å². The molecule has 0 radical (unpaired) electrons. The van der Waals surface area contributed by atoms with E-state index in [4.69, 9.17) is 9.26 Å². The van der Waals surface area contributed by atoms with E-state index in [1.54, 1.807) is 13.2 Å². The highest BCUT2D eigenvalue weighted by Gasteiger charge is 2.18. The molecule has 0 bridgehead atoms. The molecule has 0 aliphatic carbocycles. The van der Waals surface area contributed by atoms with Crippen molar-refractivity contribution in [3.63, 3.8) is 0 Å². The van der Waals surface area contributed by atoms with Crippen molar-refractivity contribution in [2.45, 2.75) is 39.3 Å². The van der Waals surface area contributed by atoms with Crippen LogP contribution in [0.4, 0.5) is 0 Å². The Labute approximate surface area is 191 Å². The molecule has 0 aliphatic heterocycles. The van der Waals surface area contributed by atoms with Crippen LogP contribution >= 0.6 is 0 Å². The molecule has 170 valence electrons. The molecule has 1 N–H and O–H groups in total. The molecule has 1 unspecified atom stereocenters. The molecule has 0 saturated carbocycles. The standard InChI is InChI=1S/C25H26N4O4/c1-15(2)24-27-25(33-28-24)20-13-23(31)29(21-8-6-5-7-19(20)21)14-22(30)26-16(3)17-9-11-18(32-4)12-10-17/h5-13,15-16H,14H2,1-4H3,(H,26,30). The Morgan fingerprint density at radius 1 is 1.12 bits per heavy atom. The summed E-state index contributed by atoms with van der Waals surface area (Å²) < 4.78 is 12.0. The molecule has 1 atom stereocenters. The van der Waals surface area contributed by atoms with Crippen molar-refractivity contribution in [1.29, 1.82) is 0 Å². The molecule has 8 nitrogen and oxygen atoms in total. The average molecular weight is 447 g/mol. The molecule has 2 aromatic heterocycles. The highest BCUT2D eigenvalue weighted by molar-refractivity contribution is 5.93. The SMILES string of the molecule is COc1ccc(C(C)NC(=O)Cn2c(=O)cc(-c3nc(C(C)C)no3)c3ccccc32)cc1. The molecular weight excluding hydrogens is 420 g/mol. The Morgan fingerprint density at radius 2 is 1.85 bits per heavy atom.